The van der Waals surface area contributed by atoms with E-state index in [0.29, 0.717) is 24.0 Å². The van der Waals surface area contributed by atoms with Crippen molar-refractivity contribution in [1.82, 2.24) is 0 Å². The Hall–Kier alpha value is -3.13. The summed E-state index contributed by atoms with van der Waals surface area (Å²) >= 11 is 0. The van der Waals surface area contributed by atoms with Crippen LogP contribution in [0.25, 0.3) is 22.3 Å². The predicted octanol–water partition coefficient (Wildman–Crippen LogP) is 6.11. The highest BCUT2D eigenvalue weighted by molar-refractivity contribution is 5.78. The van der Waals surface area contributed by atoms with Crippen molar-refractivity contribution in [2.75, 3.05) is 0 Å². The molecule has 0 bridgehead atoms. The number of rotatable bonds is 2. The summed E-state index contributed by atoms with van der Waals surface area (Å²) in [5, 5.41) is 8.78. The largest absolute Gasteiger partial charge is 0.206 e. The van der Waals surface area contributed by atoms with Crippen molar-refractivity contribution in [3.8, 4) is 28.3 Å². The summed E-state index contributed by atoms with van der Waals surface area (Å²) in [6, 6.07) is 10.1. The second-order valence-corrected chi connectivity index (χ2v) is 6.85. The Morgan fingerprint density at radius 1 is 0.893 bits per heavy atom. The average molecular weight is 381 g/mol. The molecule has 140 valence electrons. The molecule has 0 heterocycles. The van der Waals surface area contributed by atoms with Gasteiger partial charge < -0.3 is 0 Å². The fourth-order valence-electron chi connectivity index (χ4n) is 3.83. The summed E-state index contributed by atoms with van der Waals surface area (Å²) < 4.78 is 58.0. The Balaban J connectivity index is 1.91. The van der Waals surface area contributed by atoms with Gasteiger partial charge in [-0.05, 0) is 70.8 Å². The van der Waals surface area contributed by atoms with Crippen LogP contribution in [0.5, 0.6) is 0 Å². The topological polar surface area (TPSA) is 23.8 Å². The van der Waals surface area contributed by atoms with E-state index < -0.39 is 34.4 Å². The van der Waals surface area contributed by atoms with Gasteiger partial charge in [-0.1, -0.05) is 25.1 Å². The molecule has 0 radical (unpaired) electrons. The van der Waals surface area contributed by atoms with E-state index in [1.54, 1.807) is 0 Å². The van der Waals surface area contributed by atoms with Gasteiger partial charge in [-0.25, -0.2) is 17.6 Å². The number of halogens is 4. The number of benzene rings is 3. The first kappa shape index (κ1) is 18.2. The molecular formula is C23H15F4N. The second kappa shape index (κ2) is 6.79. The number of fused-ring (bicyclic) bond motifs is 3. The van der Waals surface area contributed by atoms with Crippen LogP contribution in [0.4, 0.5) is 17.6 Å². The smallest absolute Gasteiger partial charge is 0.144 e. The van der Waals surface area contributed by atoms with Crippen LogP contribution >= 0.6 is 0 Å². The zero-order valence-electron chi connectivity index (χ0n) is 15.0. The molecule has 0 saturated carbocycles. The summed E-state index contributed by atoms with van der Waals surface area (Å²) in [6.07, 6.45) is 1.85. The lowest BCUT2D eigenvalue weighted by atomic mass is 9.82. The number of hydrogen-bond donors (Lipinski definition) is 0. The van der Waals surface area contributed by atoms with E-state index in [9.17, 15) is 13.2 Å². The number of nitriles is 1. The lowest BCUT2D eigenvalue weighted by Gasteiger charge is -2.23. The highest BCUT2D eigenvalue weighted by atomic mass is 19.1. The van der Waals surface area contributed by atoms with Gasteiger partial charge in [-0.15, -0.1) is 0 Å². The molecule has 0 aromatic heterocycles. The zero-order valence-corrected chi connectivity index (χ0v) is 15.0. The van der Waals surface area contributed by atoms with Crippen LogP contribution in [0.2, 0.25) is 0 Å². The van der Waals surface area contributed by atoms with Gasteiger partial charge in [-0.2, -0.15) is 5.26 Å². The Labute approximate surface area is 159 Å². The fourth-order valence-corrected chi connectivity index (χ4v) is 3.83. The van der Waals surface area contributed by atoms with Gasteiger partial charge in [0.2, 0.25) is 0 Å². The minimum atomic E-state index is -1.15. The van der Waals surface area contributed by atoms with Crippen LogP contribution in [0.1, 0.15) is 29.2 Å². The van der Waals surface area contributed by atoms with E-state index in [1.165, 1.54) is 12.1 Å². The van der Waals surface area contributed by atoms with Crippen LogP contribution in [0.15, 0.2) is 36.4 Å². The quantitative estimate of drug-likeness (QED) is 0.491. The van der Waals surface area contributed by atoms with Crippen molar-refractivity contribution in [2.45, 2.75) is 26.2 Å². The average Bonchev–Trinajstić information content (AvgIpc) is 2.67. The molecule has 0 unspecified atom stereocenters. The van der Waals surface area contributed by atoms with E-state index in [2.05, 4.69) is 0 Å². The fraction of sp³-hybridized carbons (Fsp3) is 0.174. The molecule has 0 N–H and O–H groups in total. The van der Waals surface area contributed by atoms with E-state index in [4.69, 9.17) is 5.26 Å². The van der Waals surface area contributed by atoms with Crippen molar-refractivity contribution in [2.24, 2.45) is 0 Å². The molecule has 0 saturated heterocycles. The third kappa shape index (κ3) is 2.77. The number of nitrogens with zero attached hydrogens (tertiary/aromatic N) is 1. The molecule has 5 heteroatoms. The van der Waals surface area contributed by atoms with Crippen LogP contribution in [0.3, 0.4) is 0 Å². The zero-order chi connectivity index (χ0) is 20.0. The second-order valence-electron chi connectivity index (χ2n) is 6.85. The summed E-state index contributed by atoms with van der Waals surface area (Å²) in [6.45, 7) is 2.04. The number of aryl methyl sites for hydroxylation is 2. The minimum absolute atomic E-state index is 0.265. The lowest BCUT2D eigenvalue weighted by Crippen LogP contribution is -2.09. The highest BCUT2D eigenvalue weighted by Gasteiger charge is 2.26. The van der Waals surface area contributed by atoms with E-state index >= 15 is 4.39 Å². The maximum Gasteiger partial charge on any atom is 0.144 e. The summed E-state index contributed by atoms with van der Waals surface area (Å²) in [7, 11) is 0. The Morgan fingerprint density at radius 3 is 2.25 bits per heavy atom. The van der Waals surface area contributed by atoms with Crippen molar-refractivity contribution in [1.29, 1.82) is 5.26 Å². The first-order chi connectivity index (χ1) is 13.4. The molecule has 3 aromatic carbocycles. The third-order valence-corrected chi connectivity index (χ3v) is 5.27. The normalized spacial score (nSPS) is 12.3. The third-order valence-electron chi connectivity index (χ3n) is 5.27. The van der Waals surface area contributed by atoms with Gasteiger partial charge in [0.15, 0.2) is 0 Å². The van der Waals surface area contributed by atoms with E-state index in [1.807, 2.05) is 25.1 Å². The van der Waals surface area contributed by atoms with Crippen molar-refractivity contribution >= 4 is 0 Å². The van der Waals surface area contributed by atoms with Crippen LogP contribution < -0.4 is 0 Å². The molecule has 1 nitrogen and oxygen atoms in total. The van der Waals surface area contributed by atoms with Crippen LogP contribution in [0, 0.1) is 34.6 Å². The van der Waals surface area contributed by atoms with Gasteiger partial charge in [0.1, 0.15) is 34.9 Å². The van der Waals surface area contributed by atoms with Gasteiger partial charge in [0.05, 0.1) is 5.56 Å². The van der Waals surface area contributed by atoms with Crippen molar-refractivity contribution < 1.29 is 17.6 Å². The SMILES string of the molecule is CCc1ccc2c(c1)CCc1c-2cc(F)c(-c2cc(F)c(C#N)c(F)c2)c1F. The molecular weight excluding hydrogens is 366 g/mol. The minimum Gasteiger partial charge on any atom is -0.206 e. The van der Waals surface area contributed by atoms with E-state index in [0.717, 1.165) is 35.2 Å². The lowest BCUT2D eigenvalue weighted by molar-refractivity contribution is 0.569. The van der Waals surface area contributed by atoms with Crippen LogP contribution in [-0.4, -0.2) is 0 Å². The standard InChI is InChI=1S/C23H15F4N/c1-2-12-3-5-15-13(7-12)4-6-16-17(15)10-21(26)22(23(16)27)14-8-19(24)18(11-28)20(25)9-14/h3,5,7-10H,2,4,6H2,1H3. The Bertz CT molecular complexity index is 1140. The first-order valence-electron chi connectivity index (χ1n) is 8.97. The molecule has 28 heavy (non-hydrogen) atoms. The molecule has 1 aliphatic rings. The molecule has 3 aromatic rings. The Kier molecular flexibility index (Phi) is 4.43. The van der Waals surface area contributed by atoms with E-state index in [-0.39, 0.29) is 5.56 Å². The predicted molar refractivity (Wildman–Crippen MR) is 98.6 cm³/mol. The monoisotopic (exact) mass is 381 g/mol. The van der Waals surface area contributed by atoms with Gasteiger partial charge in [-0.3, -0.25) is 0 Å². The van der Waals surface area contributed by atoms with Gasteiger partial charge in [0, 0.05) is 0 Å². The molecule has 0 amide bonds. The molecule has 4 rings (SSSR count). The summed E-state index contributed by atoms with van der Waals surface area (Å²) in [5.41, 5.74) is 2.25. The van der Waals surface area contributed by atoms with Crippen LogP contribution in [-0.2, 0) is 19.3 Å². The van der Waals surface area contributed by atoms with Gasteiger partial charge >= 0.3 is 0 Å². The molecule has 1 aliphatic carbocycles. The molecule has 0 spiro atoms. The maximum absolute atomic E-state index is 15.2. The summed E-state index contributed by atoms with van der Waals surface area (Å²) in [4.78, 5) is 0. The Morgan fingerprint density at radius 2 is 1.61 bits per heavy atom. The van der Waals surface area contributed by atoms with Crippen molar-refractivity contribution in [3.63, 3.8) is 0 Å². The number of hydrogen-bond acceptors (Lipinski definition) is 1. The molecule has 0 atom stereocenters. The molecule has 0 fully saturated rings. The maximum atomic E-state index is 15.2. The summed E-state index contributed by atoms with van der Waals surface area (Å²) in [5.74, 6) is -4.01. The first-order valence-corrected chi connectivity index (χ1v) is 8.97. The molecule has 0 aliphatic heterocycles. The highest BCUT2D eigenvalue weighted by Crippen LogP contribution is 2.40. The van der Waals surface area contributed by atoms with Crippen molar-refractivity contribution in [3.05, 3.63) is 81.9 Å². The van der Waals surface area contributed by atoms with Gasteiger partial charge in [0.25, 0.3) is 0 Å².